The average molecular weight is 359 g/mol. The predicted octanol–water partition coefficient (Wildman–Crippen LogP) is -0.138. The molecule has 1 amide bonds. The topological polar surface area (TPSA) is 108 Å². The SMILES string of the molecule is CC(=O)N(CCCN)CCCCNCCCNCCCNCCCN. The summed E-state index contributed by atoms with van der Waals surface area (Å²) in [6, 6.07) is 0. The highest BCUT2D eigenvalue weighted by atomic mass is 16.2. The maximum absolute atomic E-state index is 11.5. The highest BCUT2D eigenvalue weighted by molar-refractivity contribution is 5.73. The van der Waals surface area contributed by atoms with Gasteiger partial charge in [0.05, 0.1) is 0 Å². The van der Waals surface area contributed by atoms with Gasteiger partial charge in [-0.3, -0.25) is 4.79 Å². The molecule has 7 nitrogen and oxygen atoms in total. The summed E-state index contributed by atoms with van der Waals surface area (Å²) in [4.78, 5) is 13.4. The van der Waals surface area contributed by atoms with Crippen LogP contribution in [-0.2, 0) is 4.79 Å². The minimum absolute atomic E-state index is 0.155. The molecule has 0 saturated heterocycles. The van der Waals surface area contributed by atoms with Crippen LogP contribution >= 0.6 is 0 Å². The maximum Gasteiger partial charge on any atom is 0.219 e. The van der Waals surface area contributed by atoms with Gasteiger partial charge in [0.25, 0.3) is 0 Å². The third kappa shape index (κ3) is 17.9. The largest absolute Gasteiger partial charge is 0.343 e. The third-order valence-electron chi connectivity index (χ3n) is 4.08. The number of hydrogen-bond acceptors (Lipinski definition) is 6. The van der Waals surface area contributed by atoms with Crippen molar-refractivity contribution in [2.24, 2.45) is 11.5 Å². The first-order valence-corrected chi connectivity index (χ1v) is 10.00. The smallest absolute Gasteiger partial charge is 0.219 e. The zero-order valence-corrected chi connectivity index (χ0v) is 16.3. The molecule has 0 radical (unpaired) electrons. The lowest BCUT2D eigenvalue weighted by Gasteiger charge is -2.20. The number of carbonyl (C=O) groups is 1. The van der Waals surface area contributed by atoms with Crippen LogP contribution in [0.4, 0.5) is 0 Å². The van der Waals surface area contributed by atoms with Crippen molar-refractivity contribution in [3.05, 3.63) is 0 Å². The van der Waals surface area contributed by atoms with Gasteiger partial charge in [-0.1, -0.05) is 0 Å². The Morgan fingerprint density at radius 3 is 1.60 bits per heavy atom. The minimum Gasteiger partial charge on any atom is -0.343 e. The lowest BCUT2D eigenvalue weighted by molar-refractivity contribution is -0.128. The fraction of sp³-hybridized carbons (Fsp3) is 0.944. The summed E-state index contributed by atoms with van der Waals surface area (Å²) < 4.78 is 0. The molecule has 0 aliphatic rings. The summed E-state index contributed by atoms with van der Waals surface area (Å²) in [5.41, 5.74) is 10.9. The van der Waals surface area contributed by atoms with Gasteiger partial charge in [-0.2, -0.15) is 0 Å². The molecule has 0 fully saturated rings. The molecule has 150 valence electrons. The summed E-state index contributed by atoms with van der Waals surface area (Å²) in [6.07, 6.45) is 6.40. The van der Waals surface area contributed by atoms with Gasteiger partial charge in [0, 0.05) is 20.0 Å². The molecule has 0 spiro atoms. The van der Waals surface area contributed by atoms with Gasteiger partial charge in [0.1, 0.15) is 0 Å². The standard InChI is InChI=1S/C18H42N6O/c1-18(25)24(17-5-9-20)16-3-2-10-21-12-6-14-23-15-7-13-22-11-4-8-19/h21-23H,2-17,19-20H2,1H3. The molecule has 7 N–H and O–H groups in total. The molecule has 0 aromatic carbocycles. The average Bonchev–Trinajstić information content (AvgIpc) is 2.60. The first-order valence-electron chi connectivity index (χ1n) is 10.00. The van der Waals surface area contributed by atoms with Gasteiger partial charge in [0.15, 0.2) is 0 Å². The molecule has 0 aromatic rings. The second kappa shape index (κ2) is 19.6. The number of amides is 1. The molecule has 0 heterocycles. The number of nitrogens with two attached hydrogens (primary N) is 2. The molecule has 0 aliphatic heterocycles. The van der Waals surface area contributed by atoms with Crippen LogP contribution in [0.2, 0.25) is 0 Å². The molecule has 0 saturated carbocycles. The number of nitrogens with one attached hydrogen (secondary N) is 3. The second-order valence-electron chi connectivity index (χ2n) is 6.45. The molecular formula is C18H42N6O. The van der Waals surface area contributed by atoms with Crippen LogP contribution in [0.25, 0.3) is 0 Å². The van der Waals surface area contributed by atoms with Gasteiger partial charge in [-0.25, -0.2) is 0 Å². The van der Waals surface area contributed by atoms with Crippen LogP contribution in [0.5, 0.6) is 0 Å². The van der Waals surface area contributed by atoms with Crippen molar-refractivity contribution in [2.45, 2.75) is 45.4 Å². The van der Waals surface area contributed by atoms with Gasteiger partial charge in [-0.05, 0) is 90.9 Å². The van der Waals surface area contributed by atoms with E-state index in [2.05, 4.69) is 16.0 Å². The lowest BCUT2D eigenvalue weighted by atomic mass is 10.2. The summed E-state index contributed by atoms with van der Waals surface area (Å²) in [7, 11) is 0. The van der Waals surface area contributed by atoms with Gasteiger partial charge >= 0.3 is 0 Å². The molecule has 0 aromatic heterocycles. The van der Waals surface area contributed by atoms with E-state index in [-0.39, 0.29) is 5.91 Å². The number of rotatable bonds is 19. The monoisotopic (exact) mass is 358 g/mol. The molecule has 0 atom stereocenters. The molecular weight excluding hydrogens is 316 g/mol. The Morgan fingerprint density at radius 1 is 0.680 bits per heavy atom. The van der Waals surface area contributed by atoms with E-state index in [0.29, 0.717) is 6.54 Å². The van der Waals surface area contributed by atoms with E-state index in [0.717, 1.165) is 97.4 Å². The quantitative estimate of drug-likeness (QED) is 0.206. The van der Waals surface area contributed by atoms with Crippen LogP contribution in [0.3, 0.4) is 0 Å². The van der Waals surface area contributed by atoms with E-state index >= 15 is 0 Å². The summed E-state index contributed by atoms with van der Waals surface area (Å²) in [6.45, 7) is 11.0. The molecule has 25 heavy (non-hydrogen) atoms. The van der Waals surface area contributed by atoms with E-state index < -0.39 is 0 Å². The van der Waals surface area contributed by atoms with E-state index in [1.807, 2.05) is 4.90 Å². The van der Waals surface area contributed by atoms with E-state index in [9.17, 15) is 4.79 Å². The summed E-state index contributed by atoms with van der Waals surface area (Å²) in [5.74, 6) is 0.155. The Morgan fingerprint density at radius 2 is 1.12 bits per heavy atom. The third-order valence-corrected chi connectivity index (χ3v) is 4.08. The number of nitrogens with zero attached hydrogens (tertiary/aromatic N) is 1. The van der Waals surface area contributed by atoms with Crippen LogP contribution in [0, 0.1) is 0 Å². The zero-order chi connectivity index (χ0) is 18.6. The van der Waals surface area contributed by atoms with Crippen LogP contribution < -0.4 is 27.4 Å². The highest BCUT2D eigenvalue weighted by Gasteiger charge is 2.06. The normalized spacial score (nSPS) is 11.0. The lowest BCUT2D eigenvalue weighted by Crippen LogP contribution is -2.32. The maximum atomic E-state index is 11.5. The van der Waals surface area contributed by atoms with Crippen molar-refractivity contribution in [1.29, 1.82) is 0 Å². The summed E-state index contributed by atoms with van der Waals surface area (Å²) in [5, 5.41) is 10.3. The Kier molecular flexibility index (Phi) is 19.0. The zero-order valence-electron chi connectivity index (χ0n) is 16.3. The van der Waals surface area contributed by atoms with Crippen LogP contribution in [-0.4, -0.2) is 76.3 Å². The van der Waals surface area contributed by atoms with E-state index in [1.54, 1.807) is 6.92 Å². The van der Waals surface area contributed by atoms with Crippen molar-refractivity contribution < 1.29 is 4.79 Å². The van der Waals surface area contributed by atoms with Crippen LogP contribution in [0.15, 0.2) is 0 Å². The molecule has 0 rings (SSSR count). The minimum atomic E-state index is 0.155. The highest BCUT2D eigenvalue weighted by Crippen LogP contribution is 1.97. The van der Waals surface area contributed by atoms with Gasteiger partial charge < -0.3 is 32.3 Å². The first-order chi connectivity index (χ1) is 12.2. The van der Waals surface area contributed by atoms with E-state index in [1.165, 1.54) is 0 Å². The van der Waals surface area contributed by atoms with Crippen molar-refractivity contribution in [3.63, 3.8) is 0 Å². The van der Waals surface area contributed by atoms with Crippen LogP contribution in [0.1, 0.15) is 45.4 Å². The van der Waals surface area contributed by atoms with Gasteiger partial charge in [0.2, 0.25) is 5.91 Å². The van der Waals surface area contributed by atoms with Crippen molar-refractivity contribution >= 4 is 5.91 Å². The Balaban J connectivity index is 3.24. The summed E-state index contributed by atoms with van der Waals surface area (Å²) >= 11 is 0. The van der Waals surface area contributed by atoms with Gasteiger partial charge in [-0.15, -0.1) is 0 Å². The fourth-order valence-corrected chi connectivity index (χ4v) is 2.54. The van der Waals surface area contributed by atoms with E-state index in [4.69, 9.17) is 11.5 Å². The van der Waals surface area contributed by atoms with Crippen molar-refractivity contribution in [2.75, 3.05) is 65.4 Å². The number of carbonyl (C=O) groups excluding carboxylic acids is 1. The van der Waals surface area contributed by atoms with Crippen molar-refractivity contribution in [1.82, 2.24) is 20.9 Å². The molecule has 0 aliphatic carbocycles. The number of unbranched alkanes of at least 4 members (excludes halogenated alkanes) is 1. The van der Waals surface area contributed by atoms with Crippen molar-refractivity contribution in [3.8, 4) is 0 Å². The first kappa shape index (κ1) is 24.3. The fourth-order valence-electron chi connectivity index (χ4n) is 2.54. The Labute approximate surface area is 154 Å². The Bertz CT molecular complexity index is 291. The molecule has 7 heteroatoms. The number of hydrogen-bond donors (Lipinski definition) is 5. The Hall–Kier alpha value is -0.730. The molecule has 0 unspecified atom stereocenters. The molecule has 0 bridgehead atoms. The second-order valence-corrected chi connectivity index (χ2v) is 6.45. The predicted molar refractivity (Wildman–Crippen MR) is 107 cm³/mol.